The minimum atomic E-state index is -2.77. The van der Waals surface area contributed by atoms with Gasteiger partial charge in [0.25, 0.3) is 0 Å². The number of hydrogen-bond acceptors (Lipinski definition) is 1. The van der Waals surface area contributed by atoms with Gasteiger partial charge >= 0.3 is 0 Å². The molecule has 0 amide bonds. The summed E-state index contributed by atoms with van der Waals surface area (Å²) in [6.07, 6.45) is 3.46. The number of benzene rings is 2. The molecule has 0 bridgehead atoms. The van der Waals surface area contributed by atoms with E-state index >= 15 is 0 Å². The van der Waals surface area contributed by atoms with E-state index in [-0.39, 0.29) is 5.66 Å². The lowest BCUT2D eigenvalue weighted by Gasteiger charge is -2.42. The van der Waals surface area contributed by atoms with Crippen molar-refractivity contribution in [1.29, 1.82) is 0 Å². The molecule has 3 rings (SSSR count). The molecule has 0 radical (unpaired) electrons. The van der Waals surface area contributed by atoms with Gasteiger partial charge in [-0.1, -0.05) is 63.6 Å². The molecule has 25 heavy (non-hydrogen) atoms. The zero-order valence-corrected chi connectivity index (χ0v) is 16.5. The van der Waals surface area contributed by atoms with Gasteiger partial charge in [0.05, 0.1) is 0 Å². The molecule has 1 fully saturated rings. The van der Waals surface area contributed by atoms with E-state index in [1.807, 2.05) is 60.7 Å². The van der Waals surface area contributed by atoms with Crippen molar-refractivity contribution in [3.8, 4) is 0 Å². The number of hydrogen-bond donors (Lipinski definition) is 1. The lowest BCUT2D eigenvalue weighted by Crippen LogP contribution is -2.36. The minimum Gasteiger partial charge on any atom is -0.333 e. The van der Waals surface area contributed by atoms with Crippen LogP contribution in [-0.2, 0) is 4.57 Å². The highest BCUT2D eigenvalue weighted by molar-refractivity contribution is 7.73. The lowest BCUT2D eigenvalue weighted by atomic mass is 9.77. The van der Waals surface area contributed by atoms with E-state index in [1.165, 1.54) is 12.8 Å². The van der Waals surface area contributed by atoms with Gasteiger partial charge in [-0.25, -0.2) is 0 Å². The molecule has 2 aromatic rings. The van der Waals surface area contributed by atoms with Gasteiger partial charge in [-0.15, -0.1) is 0 Å². The Morgan fingerprint density at radius 2 is 1.56 bits per heavy atom. The second-order valence-electron chi connectivity index (χ2n) is 7.86. The second-order valence-corrected chi connectivity index (χ2v) is 10.6. The Balaban J connectivity index is 2.05. The summed E-state index contributed by atoms with van der Waals surface area (Å²) in [5.74, 6) is 1.68. The summed E-state index contributed by atoms with van der Waals surface area (Å²) in [4.78, 5) is 0. The van der Waals surface area contributed by atoms with Gasteiger partial charge in [0, 0.05) is 16.7 Å². The van der Waals surface area contributed by atoms with Crippen molar-refractivity contribution in [3.05, 3.63) is 60.7 Å². The average Bonchev–Trinajstić information content (AvgIpc) is 2.63. The normalized spacial score (nSPS) is 26.2. The third kappa shape index (κ3) is 4.01. The Morgan fingerprint density at radius 1 is 0.960 bits per heavy atom. The first-order valence-corrected chi connectivity index (χ1v) is 11.3. The van der Waals surface area contributed by atoms with E-state index in [1.54, 1.807) is 0 Å². The fraction of sp³-hybridized carbons (Fsp3) is 0.455. The molecule has 3 heteroatoms. The maximum Gasteiger partial charge on any atom is 0.201 e. The van der Waals surface area contributed by atoms with Crippen LogP contribution in [0.2, 0.25) is 0 Å². The minimum absolute atomic E-state index is 0.193. The van der Waals surface area contributed by atoms with Crippen molar-refractivity contribution in [2.24, 2.45) is 17.8 Å². The van der Waals surface area contributed by atoms with Crippen LogP contribution < -0.4 is 10.4 Å². The molecule has 0 aromatic heterocycles. The second kappa shape index (κ2) is 7.79. The largest absolute Gasteiger partial charge is 0.333 e. The predicted molar refractivity (Wildman–Crippen MR) is 109 cm³/mol. The topological polar surface area (TPSA) is 29.1 Å². The molecule has 0 unspecified atom stereocenters. The number of anilines is 1. The molecule has 1 aliphatic carbocycles. The first kappa shape index (κ1) is 18.3. The zero-order chi connectivity index (χ0) is 17.9. The van der Waals surface area contributed by atoms with Crippen LogP contribution in [0.4, 0.5) is 5.69 Å². The van der Waals surface area contributed by atoms with Gasteiger partial charge < -0.3 is 5.09 Å². The fourth-order valence-electron chi connectivity index (χ4n) is 4.26. The molecular formula is C22H30NOP. The smallest absolute Gasteiger partial charge is 0.201 e. The molecule has 1 N–H and O–H groups in total. The maximum absolute atomic E-state index is 14.5. The van der Waals surface area contributed by atoms with Crippen molar-refractivity contribution >= 4 is 18.3 Å². The monoisotopic (exact) mass is 355 g/mol. The highest BCUT2D eigenvalue weighted by Crippen LogP contribution is 2.58. The third-order valence-corrected chi connectivity index (χ3v) is 8.85. The molecule has 2 nitrogen and oxygen atoms in total. The maximum atomic E-state index is 14.5. The van der Waals surface area contributed by atoms with Gasteiger partial charge in [-0.2, -0.15) is 0 Å². The molecule has 4 atom stereocenters. The SMILES string of the molecule is CC(C)[C@H]1CC[C@@H](C)C[C@H]1[P@](=O)(Nc1ccccc1)c1ccccc1. The molecule has 0 heterocycles. The average molecular weight is 355 g/mol. The van der Waals surface area contributed by atoms with Crippen molar-refractivity contribution in [1.82, 2.24) is 0 Å². The first-order valence-electron chi connectivity index (χ1n) is 9.49. The third-order valence-electron chi connectivity index (χ3n) is 5.66. The summed E-state index contributed by atoms with van der Waals surface area (Å²) in [6.45, 7) is 6.87. The van der Waals surface area contributed by atoms with Gasteiger partial charge in [0.2, 0.25) is 7.29 Å². The fourth-order valence-corrected chi connectivity index (χ4v) is 7.78. The van der Waals surface area contributed by atoms with Crippen LogP contribution in [0.25, 0.3) is 0 Å². The molecule has 0 spiro atoms. The molecule has 2 aromatic carbocycles. The standard InChI is InChI=1S/C22H30NOP/c1-17(2)21-15-14-18(3)16-22(21)25(24,20-12-8-5-9-13-20)23-19-10-6-4-7-11-19/h4-13,17-18,21-22H,14-16H2,1-3H3,(H,23,24)/t18-,21-,22-,25+/m1/s1. The van der Waals surface area contributed by atoms with Crippen LogP contribution in [0.15, 0.2) is 60.7 Å². The Labute approximate surface area is 152 Å². The van der Waals surface area contributed by atoms with Crippen LogP contribution in [0, 0.1) is 17.8 Å². The predicted octanol–water partition coefficient (Wildman–Crippen LogP) is 6.16. The number of rotatable bonds is 5. The quantitative estimate of drug-likeness (QED) is 0.651. The van der Waals surface area contributed by atoms with E-state index in [9.17, 15) is 4.57 Å². The Morgan fingerprint density at radius 3 is 2.16 bits per heavy atom. The van der Waals surface area contributed by atoms with Crippen LogP contribution >= 0.6 is 7.29 Å². The highest BCUT2D eigenvalue weighted by atomic mass is 31.2. The van der Waals surface area contributed by atoms with Crippen molar-refractivity contribution in [2.75, 3.05) is 5.09 Å². The molecule has 134 valence electrons. The Bertz CT molecular complexity index is 713. The summed E-state index contributed by atoms with van der Waals surface area (Å²) >= 11 is 0. The van der Waals surface area contributed by atoms with Crippen molar-refractivity contribution in [2.45, 2.75) is 45.7 Å². The van der Waals surface area contributed by atoms with Crippen LogP contribution in [-0.4, -0.2) is 5.66 Å². The molecule has 1 saturated carbocycles. The summed E-state index contributed by atoms with van der Waals surface area (Å²) < 4.78 is 14.5. The molecule has 0 aliphatic heterocycles. The van der Waals surface area contributed by atoms with Crippen molar-refractivity contribution in [3.63, 3.8) is 0 Å². The van der Waals surface area contributed by atoms with Gasteiger partial charge in [-0.05, 0) is 54.9 Å². The highest BCUT2D eigenvalue weighted by Gasteiger charge is 2.43. The van der Waals surface area contributed by atoms with E-state index in [0.29, 0.717) is 17.8 Å². The summed E-state index contributed by atoms with van der Waals surface area (Å²) in [5.41, 5.74) is 1.15. The summed E-state index contributed by atoms with van der Waals surface area (Å²) in [7, 11) is -2.77. The summed E-state index contributed by atoms with van der Waals surface area (Å²) in [6, 6.07) is 20.1. The Hall–Kier alpha value is -1.53. The lowest BCUT2D eigenvalue weighted by molar-refractivity contribution is 0.237. The van der Waals surface area contributed by atoms with E-state index < -0.39 is 7.29 Å². The number of nitrogens with one attached hydrogen (secondary N) is 1. The van der Waals surface area contributed by atoms with Gasteiger partial charge in [0.15, 0.2) is 0 Å². The van der Waals surface area contributed by atoms with Crippen LogP contribution in [0.3, 0.4) is 0 Å². The van der Waals surface area contributed by atoms with Crippen LogP contribution in [0.5, 0.6) is 0 Å². The van der Waals surface area contributed by atoms with E-state index in [0.717, 1.165) is 17.4 Å². The van der Waals surface area contributed by atoms with E-state index in [4.69, 9.17) is 0 Å². The first-order chi connectivity index (χ1) is 12.0. The molecule has 0 saturated heterocycles. The molecular weight excluding hydrogens is 325 g/mol. The van der Waals surface area contributed by atoms with Crippen molar-refractivity contribution < 1.29 is 4.57 Å². The number of para-hydroxylation sites is 1. The zero-order valence-electron chi connectivity index (χ0n) is 15.6. The Kier molecular flexibility index (Phi) is 5.69. The van der Waals surface area contributed by atoms with E-state index in [2.05, 4.69) is 25.9 Å². The van der Waals surface area contributed by atoms with Gasteiger partial charge in [-0.3, -0.25) is 4.57 Å². The van der Waals surface area contributed by atoms with Crippen LogP contribution in [0.1, 0.15) is 40.0 Å². The molecule has 1 aliphatic rings. The van der Waals surface area contributed by atoms with Gasteiger partial charge in [0.1, 0.15) is 0 Å². The summed E-state index contributed by atoms with van der Waals surface area (Å²) in [5, 5.41) is 4.46.